The minimum Gasteiger partial charge on any atom is -0.494 e. The molecule has 2 aliphatic rings. The van der Waals surface area contributed by atoms with Crippen LogP contribution in [0.2, 0.25) is 0 Å². The highest BCUT2D eigenvalue weighted by atomic mass is 32.1. The summed E-state index contributed by atoms with van der Waals surface area (Å²) in [6.07, 6.45) is 9.65. The first-order chi connectivity index (χ1) is 22.9. The summed E-state index contributed by atoms with van der Waals surface area (Å²) in [7, 11) is 0. The first-order valence-corrected chi connectivity index (χ1v) is 18.5. The van der Waals surface area contributed by atoms with Crippen LogP contribution in [0.4, 0.5) is 16.2 Å². The van der Waals surface area contributed by atoms with Crippen molar-refractivity contribution in [2.75, 3.05) is 62.5 Å². The Balaban J connectivity index is 1.03. The lowest BCUT2D eigenvalue weighted by Gasteiger charge is -2.38. The van der Waals surface area contributed by atoms with Crippen molar-refractivity contribution in [3.8, 4) is 5.75 Å². The highest BCUT2D eigenvalue weighted by Crippen LogP contribution is 2.42. The maximum absolute atomic E-state index is 13.1. The van der Waals surface area contributed by atoms with Gasteiger partial charge in [0.05, 0.1) is 18.9 Å². The molecule has 0 unspecified atom stereocenters. The highest BCUT2D eigenvalue weighted by molar-refractivity contribution is 7.17. The van der Waals surface area contributed by atoms with Gasteiger partial charge in [-0.3, -0.25) is 14.6 Å². The second-order valence-electron chi connectivity index (χ2n) is 13.5. The predicted octanol–water partition coefficient (Wildman–Crippen LogP) is 8.76. The smallest absolute Gasteiger partial charge is 0.494 e. The zero-order chi connectivity index (χ0) is 33.1. The number of thiophene rings is 1. The lowest BCUT2D eigenvalue weighted by molar-refractivity contribution is -0.121. The number of carbonyl (C=O) groups is 2. The number of unbranched alkanes of at least 4 members (excludes halogenated alkanes) is 7. The summed E-state index contributed by atoms with van der Waals surface area (Å²) in [6, 6.07) is 14.8. The molecule has 0 bridgehead atoms. The van der Waals surface area contributed by atoms with E-state index in [1.165, 1.54) is 41.5 Å². The SMILES string of the molecule is CCCCCCCCCOC(=O)OCN1C(=O)CC(C)(C)c2ccc(OCCCCN3CCN(c4cccc5sccc45)CC3)cc21. The van der Waals surface area contributed by atoms with Crippen molar-refractivity contribution in [3.63, 3.8) is 0 Å². The summed E-state index contributed by atoms with van der Waals surface area (Å²) in [5.41, 5.74) is 2.81. The quantitative estimate of drug-likeness (QED) is 0.106. The van der Waals surface area contributed by atoms with Gasteiger partial charge in [0, 0.05) is 59.9 Å². The van der Waals surface area contributed by atoms with E-state index in [0.29, 0.717) is 19.6 Å². The third-order valence-corrected chi connectivity index (χ3v) is 10.4. The number of ether oxygens (including phenoxy) is 3. The molecular formula is C38H53N3O5S. The van der Waals surface area contributed by atoms with Crippen LogP contribution in [0.15, 0.2) is 47.8 Å². The normalized spacial score (nSPS) is 16.4. The lowest BCUT2D eigenvalue weighted by atomic mass is 9.77. The maximum atomic E-state index is 13.1. The number of amides is 1. The fourth-order valence-corrected chi connectivity index (χ4v) is 7.52. The summed E-state index contributed by atoms with van der Waals surface area (Å²) in [5, 5.41) is 3.55. The Hall–Kier alpha value is -3.30. The number of carbonyl (C=O) groups excluding carboxylic acids is 2. The number of piperazine rings is 1. The van der Waals surface area contributed by atoms with Crippen molar-refractivity contribution in [1.82, 2.24) is 4.90 Å². The molecule has 5 rings (SSSR count). The first-order valence-electron chi connectivity index (χ1n) is 17.7. The van der Waals surface area contributed by atoms with E-state index in [-0.39, 0.29) is 18.1 Å². The number of hydrogen-bond acceptors (Lipinski definition) is 8. The zero-order valence-electron chi connectivity index (χ0n) is 28.6. The van der Waals surface area contributed by atoms with Crippen molar-refractivity contribution in [2.45, 2.75) is 90.4 Å². The standard InChI is InChI=1S/C38H53N3O5S/c1-4-5-6-7-8-9-11-25-45-37(43)46-29-41-34-27-30(16-17-32(34)38(2,3)28-36(41)42)44-24-12-10-19-39-20-22-40(23-21-39)33-14-13-15-35-31(33)18-26-47-35/h13-18,26-27H,4-12,19-25,28-29H2,1-3H3. The van der Waals surface area contributed by atoms with Gasteiger partial charge in [0.25, 0.3) is 0 Å². The van der Waals surface area contributed by atoms with Crippen LogP contribution in [0.3, 0.4) is 0 Å². The fourth-order valence-electron chi connectivity index (χ4n) is 6.71. The lowest BCUT2D eigenvalue weighted by Crippen LogP contribution is -2.46. The average Bonchev–Trinajstić information content (AvgIpc) is 3.55. The van der Waals surface area contributed by atoms with Crippen LogP contribution in [0, 0.1) is 0 Å². The molecule has 0 N–H and O–H groups in total. The minimum atomic E-state index is -0.733. The molecule has 256 valence electrons. The van der Waals surface area contributed by atoms with E-state index in [1.54, 1.807) is 16.2 Å². The molecule has 2 aromatic carbocycles. The second kappa shape index (κ2) is 17.2. The Bertz CT molecular complexity index is 1450. The molecule has 9 heteroatoms. The van der Waals surface area contributed by atoms with Crippen LogP contribution in [0.5, 0.6) is 5.75 Å². The van der Waals surface area contributed by atoms with Gasteiger partial charge in [-0.25, -0.2) is 4.79 Å². The molecule has 0 atom stereocenters. The molecule has 1 saturated heterocycles. The van der Waals surface area contributed by atoms with Gasteiger partial charge in [-0.05, 0) is 61.0 Å². The largest absolute Gasteiger partial charge is 0.510 e. The molecule has 3 aromatic rings. The highest BCUT2D eigenvalue weighted by Gasteiger charge is 2.37. The molecular weight excluding hydrogens is 611 g/mol. The number of benzene rings is 2. The Morgan fingerprint density at radius 3 is 2.43 bits per heavy atom. The van der Waals surface area contributed by atoms with Crippen molar-refractivity contribution >= 4 is 44.9 Å². The van der Waals surface area contributed by atoms with Crippen LogP contribution >= 0.6 is 11.3 Å². The van der Waals surface area contributed by atoms with Gasteiger partial charge in [-0.2, -0.15) is 0 Å². The van der Waals surface area contributed by atoms with Crippen molar-refractivity contribution in [2.24, 2.45) is 0 Å². The summed E-state index contributed by atoms with van der Waals surface area (Å²) in [6.45, 7) is 12.4. The molecule has 0 saturated carbocycles. The topological polar surface area (TPSA) is 71.5 Å². The molecule has 2 aliphatic heterocycles. The summed E-state index contributed by atoms with van der Waals surface area (Å²) >= 11 is 1.81. The molecule has 1 aromatic heterocycles. The molecule has 3 heterocycles. The van der Waals surface area contributed by atoms with Gasteiger partial charge in [-0.15, -0.1) is 11.3 Å². The molecule has 0 spiro atoms. The van der Waals surface area contributed by atoms with Gasteiger partial charge in [0.1, 0.15) is 5.75 Å². The number of anilines is 2. The van der Waals surface area contributed by atoms with Crippen LogP contribution in [-0.4, -0.2) is 69.6 Å². The maximum Gasteiger partial charge on any atom is 0.510 e. The average molecular weight is 664 g/mol. The summed E-state index contributed by atoms with van der Waals surface area (Å²) in [4.78, 5) is 32.1. The number of hydrogen-bond donors (Lipinski definition) is 0. The first kappa shape index (κ1) is 35.0. The van der Waals surface area contributed by atoms with E-state index in [1.807, 2.05) is 18.2 Å². The Morgan fingerprint density at radius 1 is 0.851 bits per heavy atom. The van der Waals surface area contributed by atoms with Gasteiger partial charge in [-0.1, -0.05) is 71.4 Å². The van der Waals surface area contributed by atoms with Gasteiger partial charge in [0.15, 0.2) is 6.73 Å². The van der Waals surface area contributed by atoms with Crippen molar-refractivity contribution in [1.29, 1.82) is 0 Å². The molecule has 8 nitrogen and oxygen atoms in total. The van der Waals surface area contributed by atoms with Crippen LogP contribution in [0.1, 0.15) is 90.5 Å². The monoisotopic (exact) mass is 663 g/mol. The second-order valence-corrected chi connectivity index (χ2v) is 14.5. The minimum absolute atomic E-state index is 0.0772. The molecule has 0 aliphatic carbocycles. The number of fused-ring (bicyclic) bond motifs is 2. The summed E-state index contributed by atoms with van der Waals surface area (Å²) in [5.74, 6) is 0.642. The summed E-state index contributed by atoms with van der Waals surface area (Å²) < 4.78 is 18.2. The Morgan fingerprint density at radius 2 is 1.62 bits per heavy atom. The molecule has 0 radical (unpaired) electrons. The van der Waals surface area contributed by atoms with Crippen LogP contribution in [0.25, 0.3) is 10.1 Å². The van der Waals surface area contributed by atoms with Gasteiger partial charge in [0.2, 0.25) is 5.91 Å². The molecule has 1 amide bonds. The van der Waals surface area contributed by atoms with Gasteiger partial charge >= 0.3 is 6.16 Å². The molecule has 47 heavy (non-hydrogen) atoms. The van der Waals surface area contributed by atoms with E-state index in [2.05, 4.69) is 60.2 Å². The van der Waals surface area contributed by atoms with Crippen LogP contribution in [-0.2, 0) is 19.7 Å². The van der Waals surface area contributed by atoms with E-state index in [0.717, 1.165) is 81.8 Å². The van der Waals surface area contributed by atoms with Crippen molar-refractivity contribution in [3.05, 3.63) is 53.4 Å². The molecule has 1 fully saturated rings. The van der Waals surface area contributed by atoms with Crippen LogP contribution < -0.4 is 14.5 Å². The van der Waals surface area contributed by atoms with E-state index in [4.69, 9.17) is 14.2 Å². The van der Waals surface area contributed by atoms with E-state index < -0.39 is 6.16 Å². The third-order valence-electron chi connectivity index (χ3n) is 9.49. The fraction of sp³-hybridized carbons (Fsp3) is 0.579. The Kier molecular flexibility index (Phi) is 12.8. The predicted molar refractivity (Wildman–Crippen MR) is 192 cm³/mol. The third kappa shape index (κ3) is 9.63. The Labute approximate surface area is 285 Å². The van der Waals surface area contributed by atoms with E-state index in [9.17, 15) is 9.59 Å². The van der Waals surface area contributed by atoms with E-state index >= 15 is 0 Å². The number of nitrogens with zero attached hydrogens (tertiary/aromatic N) is 3. The van der Waals surface area contributed by atoms with Gasteiger partial charge < -0.3 is 19.1 Å². The zero-order valence-corrected chi connectivity index (χ0v) is 29.5. The van der Waals surface area contributed by atoms with Crippen molar-refractivity contribution < 1.29 is 23.8 Å². The number of rotatable bonds is 17.